The summed E-state index contributed by atoms with van der Waals surface area (Å²) in [6, 6.07) is 6.90. The summed E-state index contributed by atoms with van der Waals surface area (Å²) in [6.07, 6.45) is 1.72. The smallest absolute Gasteiger partial charge is 0.0570 e. The predicted octanol–water partition coefficient (Wildman–Crippen LogP) is 2.37. The Morgan fingerprint density at radius 1 is 1.47 bits per heavy atom. The average Bonchev–Trinajstić information content (AvgIpc) is 2.16. The maximum Gasteiger partial charge on any atom is 0.0570 e. The van der Waals surface area contributed by atoms with E-state index in [-0.39, 0.29) is 6.10 Å². The topological polar surface area (TPSA) is 32.3 Å². The third-order valence-electron chi connectivity index (χ3n) is 2.93. The highest BCUT2D eigenvalue weighted by Crippen LogP contribution is 2.21. The van der Waals surface area contributed by atoms with E-state index in [0.717, 1.165) is 23.9 Å². The lowest BCUT2D eigenvalue weighted by molar-refractivity contribution is 0.0619. The van der Waals surface area contributed by atoms with E-state index in [1.807, 2.05) is 0 Å². The van der Waals surface area contributed by atoms with Gasteiger partial charge in [-0.1, -0.05) is 28.1 Å². The third-order valence-corrected chi connectivity index (χ3v) is 3.82. The Morgan fingerprint density at radius 3 is 2.80 bits per heavy atom. The second kappa shape index (κ2) is 4.64. The molecular formula is C12H16BrNO. The number of benzene rings is 1. The fourth-order valence-corrected chi connectivity index (χ4v) is 2.08. The summed E-state index contributed by atoms with van der Waals surface area (Å²) in [5.41, 5.74) is 2.57. The number of rotatable bonds is 3. The van der Waals surface area contributed by atoms with E-state index >= 15 is 0 Å². The highest BCUT2D eigenvalue weighted by Gasteiger charge is 2.26. The van der Waals surface area contributed by atoms with E-state index in [4.69, 9.17) is 5.11 Å². The molecule has 82 valence electrons. The summed E-state index contributed by atoms with van der Waals surface area (Å²) in [4.78, 5) is 0. The molecule has 0 saturated heterocycles. The number of aryl methyl sites for hydroxylation is 1. The first-order chi connectivity index (χ1) is 7.15. The first-order valence-electron chi connectivity index (χ1n) is 5.31. The standard InChI is InChI=1S/C12H16BrNO/c1-8-4-9(2-3-12(8)13)7-14-10-5-11(15)6-10/h2-4,10-11,14-15H,5-7H2,1H3. The van der Waals surface area contributed by atoms with Crippen LogP contribution in [-0.4, -0.2) is 17.3 Å². The molecule has 0 spiro atoms. The molecule has 0 radical (unpaired) electrons. The summed E-state index contributed by atoms with van der Waals surface area (Å²) in [5.74, 6) is 0. The Labute approximate surface area is 98.8 Å². The van der Waals surface area contributed by atoms with Crippen LogP contribution in [0.4, 0.5) is 0 Å². The molecule has 2 N–H and O–H groups in total. The minimum absolute atomic E-state index is 0.0749. The number of aliphatic hydroxyl groups is 1. The van der Waals surface area contributed by atoms with Crippen molar-refractivity contribution >= 4 is 15.9 Å². The molecule has 0 bridgehead atoms. The first-order valence-corrected chi connectivity index (χ1v) is 6.11. The van der Waals surface area contributed by atoms with Gasteiger partial charge in [0.1, 0.15) is 0 Å². The van der Waals surface area contributed by atoms with Gasteiger partial charge in [-0.05, 0) is 37.0 Å². The molecule has 1 aliphatic carbocycles. The lowest BCUT2D eigenvalue weighted by atomic mass is 9.89. The maximum atomic E-state index is 9.15. The van der Waals surface area contributed by atoms with Crippen molar-refractivity contribution in [2.45, 2.75) is 38.5 Å². The van der Waals surface area contributed by atoms with Gasteiger partial charge in [-0.3, -0.25) is 0 Å². The average molecular weight is 270 g/mol. The van der Waals surface area contributed by atoms with E-state index in [2.05, 4.69) is 46.4 Å². The summed E-state index contributed by atoms with van der Waals surface area (Å²) >= 11 is 3.49. The molecule has 0 unspecified atom stereocenters. The van der Waals surface area contributed by atoms with Crippen LogP contribution in [-0.2, 0) is 6.54 Å². The van der Waals surface area contributed by atoms with Crippen LogP contribution in [0.2, 0.25) is 0 Å². The Balaban J connectivity index is 1.86. The summed E-state index contributed by atoms with van der Waals surface area (Å²) in [6.45, 7) is 2.99. The minimum atomic E-state index is -0.0749. The van der Waals surface area contributed by atoms with Crippen LogP contribution in [0.15, 0.2) is 22.7 Å². The van der Waals surface area contributed by atoms with Crippen molar-refractivity contribution in [1.29, 1.82) is 0 Å². The van der Waals surface area contributed by atoms with Crippen LogP contribution in [0.25, 0.3) is 0 Å². The van der Waals surface area contributed by atoms with Gasteiger partial charge in [0.2, 0.25) is 0 Å². The largest absolute Gasteiger partial charge is 0.393 e. The highest BCUT2D eigenvalue weighted by molar-refractivity contribution is 9.10. The Morgan fingerprint density at radius 2 is 2.20 bits per heavy atom. The Hall–Kier alpha value is -0.380. The zero-order chi connectivity index (χ0) is 10.8. The van der Waals surface area contributed by atoms with Crippen molar-refractivity contribution in [1.82, 2.24) is 5.32 Å². The summed E-state index contributed by atoms with van der Waals surface area (Å²) in [7, 11) is 0. The quantitative estimate of drug-likeness (QED) is 0.883. The number of hydrogen-bond acceptors (Lipinski definition) is 2. The van der Waals surface area contributed by atoms with Crippen molar-refractivity contribution in [2.75, 3.05) is 0 Å². The molecule has 0 atom stereocenters. The van der Waals surface area contributed by atoms with Gasteiger partial charge in [-0.25, -0.2) is 0 Å². The van der Waals surface area contributed by atoms with Gasteiger partial charge in [0.25, 0.3) is 0 Å². The van der Waals surface area contributed by atoms with E-state index in [1.165, 1.54) is 11.1 Å². The Kier molecular flexibility index (Phi) is 3.44. The van der Waals surface area contributed by atoms with Crippen molar-refractivity contribution in [2.24, 2.45) is 0 Å². The molecule has 1 saturated carbocycles. The molecule has 0 aromatic heterocycles. The summed E-state index contributed by atoms with van der Waals surface area (Å²) in [5, 5.41) is 12.6. The van der Waals surface area contributed by atoms with Gasteiger partial charge in [-0.15, -0.1) is 0 Å². The molecule has 2 rings (SSSR count). The number of nitrogens with one attached hydrogen (secondary N) is 1. The van der Waals surface area contributed by atoms with Crippen molar-refractivity contribution in [3.8, 4) is 0 Å². The zero-order valence-electron chi connectivity index (χ0n) is 8.83. The van der Waals surface area contributed by atoms with Crippen LogP contribution >= 0.6 is 15.9 Å². The normalized spacial score (nSPS) is 25.0. The van der Waals surface area contributed by atoms with Gasteiger partial charge >= 0.3 is 0 Å². The van der Waals surface area contributed by atoms with Gasteiger partial charge in [0.15, 0.2) is 0 Å². The second-order valence-electron chi connectivity index (χ2n) is 4.29. The molecule has 1 fully saturated rings. The van der Waals surface area contributed by atoms with Gasteiger partial charge in [0.05, 0.1) is 6.10 Å². The third kappa shape index (κ3) is 2.80. The molecule has 3 heteroatoms. The highest BCUT2D eigenvalue weighted by atomic mass is 79.9. The number of hydrogen-bond donors (Lipinski definition) is 2. The van der Waals surface area contributed by atoms with Crippen LogP contribution in [0.3, 0.4) is 0 Å². The molecule has 1 aromatic rings. The fourth-order valence-electron chi connectivity index (χ4n) is 1.83. The Bertz CT molecular complexity index is 347. The fraction of sp³-hybridized carbons (Fsp3) is 0.500. The minimum Gasteiger partial charge on any atom is -0.393 e. The number of halogens is 1. The van der Waals surface area contributed by atoms with Crippen molar-refractivity contribution in [3.63, 3.8) is 0 Å². The van der Waals surface area contributed by atoms with Crippen molar-refractivity contribution < 1.29 is 5.11 Å². The lowest BCUT2D eigenvalue weighted by Gasteiger charge is -2.32. The molecule has 0 aliphatic heterocycles. The SMILES string of the molecule is Cc1cc(CNC2CC(O)C2)ccc1Br. The van der Waals surface area contributed by atoms with Crippen LogP contribution < -0.4 is 5.32 Å². The molecule has 0 amide bonds. The molecule has 1 aromatic carbocycles. The molecule has 15 heavy (non-hydrogen) atoms. The van der Waals surface area contributed by atoms with Crippen molar-refractivity contribution in [3.05, 3.63) is 33.8 Å². The maximum absolute atomic E-state index is 9.15. The number of aliphatic hydroxyl groups excluding tert-OH is 1. The van der Waals surface area contributed by atoms with Crippen LogP contribution in [0.1, 0.15) is 24.0 Å². The van der Waals surface area contributed by atoms with Gasteiger partial charge in [0, 0.05) is 17.1 Å². The van der Waals surface area contributed by atoms with Gasteiger partial charge < -0.3 is 10.4 Å². The van der Waals surface area contributed by atoms with E-state index in [1.54, 1.807) is 0 Å². The van der Waals surface area contributed by atoms with Gasteiger partial charge in [-0.2, -0.15) is 0 Å². The monoisotopic (exact) mass is 269 g/mol. The van der Waals surface area contributed by atoms with Crippen LogP contribution in [0, 0.1) is 6.92 Å². The first kappa shape index (κ1) is 11.1. The second-order valence-corrected chi connectivity index (χ2v) is 5.14. The van der Waals surface area contributed by atoms with E-state index in [0.29, 0.717) is 6.04 Å². The zero-order valence-corrected chi connectivity index (χ0v) is 10.4. The molecular weight excluding hydrogens is 254 g/mol. The lowest BCUT2D eigenvalue weighted by Crippen LogP contribution is -2.43. The molecule has 2 nitrogen and oxygen atoms in total. The van der Waals surface area contributed by atoms with Crippen LogP contribution in [0.5, 0.6) is 0 Å². The summed E-state index contributed by atoms with van der Waals surface area (Å²) < 4.78 is 1.16. The predicted molar refractivity (Wildman–Crippen MR) is 64.7 cm³/mol. The van der Waals surface area contributed by atoms with E-state index in [9.17, 15) is 0 Å². The van der Waals surface area contributed by atoms with E-state index < -0.39 is 0 Å². The molecule has 0 heterocycles. The molecule has 1 aliphatic rings.